The number of oxime groups is 1. The molecule has 0 spiro atoms. The number of halogens is 2. The summed E-state index contributed by atoms with van der Waals surface area (Å²) in [6.07, 6.45) is 1.15. The van der Waals surface area contributed by atoms with Crippen molar-refractivity contribution in [3.05, 3.63) is 34.1 Å². The number of nitrogens with zero attached hydrogens (tertiary/aromatic N) is 2. The summed E-state index contributed by atoms with van der Waals surface area (Å²) in [5.41, 5.74) is 5.32. The highest BCUT2D eigenvalue weighted by Crippen LogP contribution is 2.31. The van der Waals surface area contributed by atoms with Gasteiger partial charge in [-0.15, -0.1) is 0 Å². The third kappa shape index (κ3) is 3.18. The molecular formula is C14H17BrFN3O2. The van der Waals surface area contributed by atoms with E-state index in [4.69, 9.17) is 10.9 Å². The molecule has 0 radical (unpaired) electrons. The Kier molecular flexibility index (Phi) is 4.51. The number of piperidine rings is 1. The molecule has 1 aromatic carbocycles. The van der Waals surface area contributed by atoms with Crippen molar-refractivity contribution in [1.29, 1.82) is 0 Å². The minimum atomic E-state index is -0.542. The Morgan fingerprint density at radius 1 is 1.48 bits per heavy atom. The maximum atomic E-state index is 13.8. The summed E-state index contributed by atoms with van der Waals surface area (Å²) in [7, 11) is 0. The zero-order valence-electron chi connectivity index (χ0n) is 11.6. The number of likely N-dealkylation sites (tertiary alicyclic amines) is 1. The molecule has 0 atom stereocenters. The van der Waals surface area contributed by atoms with E-state index in [2.05, 4.69) is 21.1 Å². The summed E-state index contributed by atoms with van der Waals surface area (Å²) in [5.74, 6) is -0.704. The van der Waals surface area contributed by atoms with Crippen molar-refractivity contribution in [2.45, 2.75) is 19.8 Å². The van der Waals surface area contributed by atoms with Crippen LogP contribution in [0.25, 0.3) is 0 Å². The standard InChI is InChI=1S/C14H17BrFN3O2/c1-14(13(17)18-21)4-6-19(7-5-14)12(20)10-3-2-9(15)8-11(10)16/h2-3,8,21H,4-7H2,1H3,(H2,17,18). The maximum Gasteiger partial charge on any atom is 0.256 e. The van der Waals surface area contributed by atoms with Gasteiger partial charge >= 0.3 is 0 Å². The van der Waals surface area contributed by atoms with Gasteiger partial charge in [-0.2, -0.15) is 0 Å². The molecule has 0 saturated carbocycles. The monoisotopic (exact) mass is 357 g/mol. The molecule has 3 N–H and O–H groups in total. The Hall–Kier alpha value is -1.63. The van der Waals surface area contributed by atoms with Crippen LogP contribution in [0.2, 0.25) is 0 Å². The lowest BCUT2D eigenvalue weighted by Crippen LogP contribution is -2.47. The highest BCUT2D eigenvalue weighted by Gasteiger charge is 2.36. The number of carbonyl (C=O) groups is 1. The van der Waals surface area contributed by atoms with E-state index < -0.39 is 11.2 Å². The largest absolute Gasteiger partial charge is 0.409 e. The molecule has 1 aliphatic heterocycles. The summed E-state index contributed by atoms with van der Waals surface area (Å²) in [5, 5.41) is 11.9. The number of benzene rings is 1. The number of amidine groups is 1. The molecule has 21 heavy (non-hydrogen) atoms. The first-order valence-electron chi connectivity index (χ1n) is 6.60. The second kappa shape index (κ2) is 6.01. The Morgan fingerprint density at radius 3 is 2.62 bits per heavy atom. The van der Waals surface area contributed by atoms with Gasteiger partial charge in [-0.3, -0.25) is 4.79 Å². The first-order chi connectivity index (χ1) is 9.87. The van der Waals surface area contributed by atoms with Crippen LogP contribution < -0.4 is 5.73 Å². The highest BCUT2D eigenvalue weighted by atomic mass is 79.9. The molecule has 1 heterocycles. The van der Waals surface area contributed by atoms with E-state index in [-0.39, 0.29) is 17.3 Å². The van der Waals surface area contributed by atoms with Gasteiger partial charge in [0, 0.05) is 23.0 Å². The van der Waals surface area contributed by atoms with Gasteiger partial charge in [0.05, 0.1) is 5.56 Å². The van der Waals surface area contributed by atoms with Gasteiger partial charge in [-0.05, 0) is 31.0 Å². The maximum absolute atomic E-state index is 13.8. The SMILES string of the molecule is CC1(/C(N)=N/O)CCN(C(=O)c2ccc(Br)cc2F)CC1. The van der Waals surface area contributed by atoms with Gasteiger partial charge in [0.2, 0.25) is 0 Å². The van der Waals surface area contributed by atoms with Crippen molar-refractivity contribution >= 4 is 27.7 Å². The van der Waals surface area contributed by atoms with Crippen LogP contribution in [0.1, 0.15) is 30.1 Å². The number of carbonyl (C=O) groups excluding carboxylic acids is 1. The molecule has 1 saturated heterocycles. The van der Waals surface area contributed by atoms with Crippen LogP contribution in [0.3, 0.4) is 0 Å². The normalized spacial score (nSPS) is 18.6. The fourth-order valence-electron chi connectivity index (χ4n) is 2.41. The summed E-state index contributed by atoms with van der Waals surface area (Å²) < 4.78 is 14.4. The van der Waals surface area contributed by atoms with Crippen molar-refractivity contribution in [1.82, 2.24) is 4.90 Å². The Labute approximate surface area is 130 Å². The van der Waals surface area contributed by atoms with E-state index in [1.165, 1.54) is 12.1 Å². The topological polar surface area (TPSA) is 78.9 Å². The van der Waals surface area contributed by atoms with Crippen molar-refractivity contribution in [3.63, 3.8) is 0 Å². The van der Waals surface area contributed by atoms with E-state index in [9.17, 15) is 9.18 Å². The van der Waals surface area contributed by atoms with Crippen molar-refractivity contribution in [2.75, 3.05) is 13.1 Å². The molecule has 2 rings (SSSR count). The van der Waals surface area contributed by atoms with Gasteiger partial charge in [-0.1, -0.05) is 28.0 Å². The zero-order chi connectivity index (χ0) is 15.6. The summed E-state index contributed by atoms with van der Waals surface area (Å²) >= 11 is 3.16. The second-order valence-corrected chi connectivity index (χ2v) is 6.38. The average molecular weight is 358 g/mol. The van der Waals surface area contributed by atoms with Crippen LogP contribution in [0, 0.1) is 11.2 Å². The minimum Gasteiger partial charge on any atom is -0.409 e. The summed E-state index contributed by atoms with van der Waals surface area (Å²) in [6.45, 7) is 2.78. The molecule has 0 aliphatic carbocycles. The van der Waals surface area contributed by atoms with Gasteiger partial charge in [0.25, 0.3) is 5.91 Å². The first-order valence-corrected chi connectivity index (χ1v) is 7.39. The number of hydrogen-bond acceptors (Lipinski definition) is 3. The van der Waals surface area contributed by atoms with Crippen LogP contribution in [0.5, 0.6) is 0 Å². The average Bonchev–Trinajstić information content (AvgIpc) is 2.46. The molecule has 0 unspecified atom stereocenters. The molecule has 5 nitrogen and oxygen atoms in total. The third-order valence-electron chi connectivity index (χ3n) is 4.04. The molecule has 0 bridgehead atoms. The summed E-state index contributed by atoms with van der Waals surface area (Å²) in [6, 6.07) is 4.39. The van der Waals surface area contributed by atoms with Crippen LogP contribution >= 0.6 is 15.9 Å². The van der Waals surface area contributed by atoms with Gasteiger partial charge in [-0.25, -0.2) is 4.39 Å². The molecule has 1 amide bonds. The Balaban J connectivity index is 2.10. The van der Waals surface area contributed by atoms with Crippen molar-refractivity contribution in [2.24, 2.45) is 16.3 Å². The Morgan fingerprint density at radius 2 is 2.10 bits per heavy atom. The van der Waals surface area contributed by atoms with Crippen LogP contribution in [0.4, 0.5) is 4.39 Å². The number of hydrogen-bond donors (Lipinski definition) is 2. The predicted molar refractivity (Wildman–Crippen MR) is 80.8 cm³/mol. The van der Waals surface area contributed by atoms with Crippen molar-refractivity contribution < 1.29 is 14.4 Å². The number of amides is 1. The first kappa shape index (κ1) is 15.8. The lowest BCUT2D eigenvalue weighted by Gasteiger charge is -2.38. The van der Waals surface area contributed by atoms with E-state index in [1.54, 1.807) is 11.0 Å². The van der Waals surface area contributed by atoms with E-state index in [0.717, 1.165) is 0 Å². The third-order valence-corrected chi connectivity index (χ3v) is 4.54. The lowest BCUT2D eigenvalue weighted by molar-refractivity contribution is 0.0662. The number of rotatable bonds is 2. The van der Waals surface area contributed by atoms with Crippen LogP contribution in [0.15, 0.2) is 27.8 Å². The lowest BCUT2D eigenvalue weighted by atomic mass is 9.79. The smallest absolute Gasteiger partial charge is 0.256 e. The molecular weight excluding hydrogens is 341 g/mol. The predicted octanol–water partition coefficient (Wildman–Crippen LogP) is 2.58. The molecule has 0 aromatic heterocycles. The molecule has 7 heteroatoms. The number of nitrogens with two attached hydrogens (primary N) is 1. The van der Waals surface area contributed by atoms with E-state index in [0.29, 0.717) is 30.4 Å². The van der Waals surface area contributed by atoms with Gasteiger partial charge in [0.1, 0.15) is 11.7 Å². The summed E-state index contributed by atoms with van der Waals surface area (Å²) in [4.78, 5) is 13.9. The van der Waals surface area contributed by atoms with Crippen molar-refractivity contribution in [3.8, 4) is 0 Å². The van der Waals surface area contributed by atoms with Gasteiger partial charge < -0.3 is 15.8 Å². The molecule has 1 aliphatic rings. The molecule has 1 fully saturated rings. The minimum absolute atomic E-state index is 0.0607. The van der Waals surface area contributed by atoms with Gasteiger partial charge in [0.15, 0.2) is 0 Å². The molecule has 114 valence electrons. The van der Waals surface area contributed by atoms with Crippen LogP contribution in [-0.4, -0.2) is 34.9 Å². The van der Waals surface area contributed by atoms with E-state index in [1.807, 2.05) is 6.92 Å². The van der Waals surface area contributed by atoms with Crippen LogP contribution in [-0.2, 0) is 0 Å². The molecule has 1 aromatic rings. The fraction of sp³-hybridized carbons (Fsp3) is 0.429. The van der Waals surface area contributed by atoms with E-state index >= 15 is 0 Å². The quantitative estimate of drug-likeness (QED) is 0.369. The Bertz CT molecular complexity index is 584. The second-order valence-electron chi connectivity index (χ2n) is 5.46. The zero-order valence-corrected chi connectivity index (χ0v) is 13.2. The highest BCUT2D eigenvalue weighted by molar-refractivity contribution is 9.10. The fourth-order valence-corrected chi connectivity index (χ4v) is 2.75.